The van der Waals surface area contributed by atoms with Gasteiger partial charge >= 0.3 is 0 Å². The Morgan fingerprint density at radius 1 is 1.21 bits per heavy atom. The van der Waals surface area contributed by atoms with Crippen molar-refractivity contribution < 1.29 is 19.0 Å². The molecule has 0 radical (unpaired) electrons. The maximum absolute atomic E-state index is 11.7. The van der Waals surface area contributed by atoms with Gasteiger partial charge in [-0.15, -0.1) is 0 Å². The number of nitrogens with zero attached hydrogens (tertiary/aromatic N) is 1. The van der Waals surface area contributed by atoms with Crippen molar-refractivity contribution in [3.63, 3.8) is 0 Å². The van der Waals surface area contributed by atoms with Crippen LogP contribution in [0.2, 0.25) is 5.02 Å². The summed E-state index contributed by atoms with van der Waals surface area (Å²) in [5, 5.41) is 4.43. The van der Waals surface area contributed by atoms with Gasteiger partial charge in [0.05, 0.1) is 20.4 Å². The minimum atomic E-state index is -0.395. The van der Waals surface area contributed by atoms with Gasteiger partial charge < -0.3 is 14.2 Å². The molecule has 2 rings (SSSR count). The molecule has 0 aliphatic rings. The molecular formula is C17H17ClN2O4. The third-order valence-electron chi connectivity index (χ3n) is 2.99. The van der Waals surface area contributed by atoms with Crippen LogP contribution in [-0.2, 0) is 4.79 Å². The maximum Gasteiger partial charge on any atom is 0.277 e. The van der Waals surface area contributed by atoms with Gasteiger partial charge in [-0.05, 0) is 30.3 Å². The lowest BCUT2D eigenvalue weighted by Crippen LogP contribution is -2.24. The van der Waals surface area contributed by atoms with Crippen LogP contribution < -0.4 is 19.6 Å². The fourth-order valence-corrected chi connectivity index (χ4v) is 2.11. The number of ether oxygens (including phenoxy) is 3. The van der Waals surface area contributed by atoms with Crippen molar-refractivity contribution in [1.29, 1.82) is 0 Å². The Morgan fingerprint density at radius 2 is 2.00 bits per heavy atom. The summed E-state index contributed by atoms with van der Waals surface area (Å²) < 4.78 is 15.8. The monoisotopic (exact) mass is 348 g/mol. The fourth-order valence-electron chi connectivity index (χ4n) is 1.93. The summed E-state index contributed by atoms with van der Waals surface area (Å²) in [5.74, 6) is 1.23. The average Bonchev–Trinajstić information content (AvgIpc) is 2.59. The Labute approximate surface area is 145 Å². The molecular weight excluding hydrogens is 332 g/mol. The van der Waals surface area contributed by atoms with Crippen molar-refractivity contribution in [1.82, 2.24) is 5.43 Å². The SMILES string of the molecule is COc1cccc(/C=N/NC(=O)COc2cccc(Cl)c2)c1OC. The highest BCUT2D eigenvalue weighted by Crippen LogP contribution is 2.29. The number of carbonyl (C=O) groups is 1. The molecule has 0 saturated heterocycles. The Balaban J connectivity index is 1.91. The van der Waals surface area contributed by atoms with Gasteiger partial charge in [0, 0.05) is 10.6 Å². The van der Waals surface area contributed by atoms with Crippen LogP contribution in [-0.4, -0.2) is 32.9 Å². The second-order valence-corrected chi connectivity index (χ2v) is 5.06. The van der Waals surface area contributed by atoms with Crippen LogP contribution >= 0.6 is 11.6 Å². The zero-order chi connectivity index (χ0) is 17.4. The largest absolute Gasteiger partial charge is 0.493 e. The first-order valence-corrected chi connectivity index (χ1v) is 7.43. The number of para-hydroxylation sites is 1. The number of benzene rings is 2. The first-order chi connectivity index (χ1) is 11.6. The zero-order valence-electron chi connectivity index (χ0n) is 13.3. The van der Waals surface area contributed by atoms with Crippen LogP contribution in [0.15, 0.2) is 47.6 Å². The van der Waals surface area contributed by atoms with E-state index in [-0.39, 0.29) is 6.61 Å². The van der Waals surface area contributed by atoms with Gasteiger partial charge in [0.2, 0.25) is 0 Å². The number of amides is 1. The number of hydrogen-bond acceptors (Lipinski definition) is 5. The predicted octanol–water partition coefficient (Wildman–Crippen LogP) is 2.89. The van der Waals surface area contributed by atoms with Crippen LogP contribution in [0.25, 0.3) is 0 Å². The quantitative estimate of drug-likeness (QED) is 0.617. The molecule has 7 heteroatoms. The lowest BCUT2D eigenvalue weighted by Gasteiger charge is -2.09. The Kier molecular flexibility index (Phi) is 6.45. The van der Waals surface area contributed by atoms with Crippen LogP contribution in [0.4, 0.5) is 0 Å². The molecule has 1 N–H and O–H groups in total. The minimum absolute atomic E-state index is 0.174. The highest BCUT2D eigenvalue weighted by atomic mass is 35.5. The summed E-state index contributed by atoms with van der Waals surface area (Å²) in [4.78, 5) is 11.7. The van der Waals surface area contributed by atoms with E-state index < -0.39 is 5.91 Å². The van der Waals surface area contributed by atoms with Gasteiger partial charge in [-0.2, -0.15) is 5.10 Å². The van der Waals surface area contributed by atoms with E-state index in [1.54, 1.807) is 49.6 Å². The molecule has 0 saturated carbocycles. The molecule has 0 spiro atoms. The van der Waals surface area contributed by atoms with Crippen molar-refractivity contribution in [2.45, 2.75) is 0 Å². The number of carbonyl (C=O) groups excluding carboxylic acids is 1. The highest BCUT2D eigenvalue weighted by Gasteiger charge is 2.07. The van der Waals surface area contributed by atoms with Crippen LogP contribution in [0.3, 0.4) is 0 Å². The normalized spacial score (nSPS) is 10.5. The molecule has 2 aromatic carbocycles. The van der Waals surface area contributed by atoms with E-state index in [9.17, 15) is 4.79 Å². The first kappa shape index (κ1) is 17.6. The number of methoxy groups -OCH3 is 2. The summed E-state index contributed by atoms with van der Waals surface area (Å²) in [6.45, 7) is -0.174. The van der Waals surface area contributed by atoms with Crippen molar-refractivity contribution >= 4 is 23.7 Å². The van der Waals surface area contributed by atoms with E-state index in [0.29, 0.717) is 27.8 Å². The lowest BCUT2D eigenvalue weighted by atomic mass is 10.2. The van der Waals surface area contributed by atoms with Gasteiger partial charge in [-0.1, -0.05) is 23.7 Å². The Hall–Kier alpha value is -2.73. The summed E-state index contributed by atoms with van der Waals surface area (Å²) >= 11 is 5.84. The molecule has 0 heterocycles. The van der Waals surface area contributed by atoms with E-state index in [0.717, 1.165) is 0 Å². The van der Waals surface area contributed by atoms with E-state index in [1.807, 2.05) is 0 Å². The van der Waals surface area contributed by atoms with Gasteiger partial charge in [0.15, 0.2) is 18.1 Å². The average molecular weight is 349 g/mol. The number of hydrogen-bond donors (Lipinski definition) is 1. The first-order valence-electron chi connectivity index (χ1n) is 7.05. The predicted molar refractivity (Wildman–Crippen MR) is 92.2 cm³/mol. The second-order valence-electron chi connectivity index (χ2n) is 4.62. The fraction of sp³-hybridized carbons (Fsp3) is 0.176. The number of rotatable bonds is 7. The lowest BCUT2D eigenvalue weighted by molar-refractivity contribution is -0.123. The molecule has 0 atom stereocenters. The van der Waals surface area contributed by atoms with Crippen molar-refractivity contribution in [3.05, 3.63) is 53.1 Å². The molecule has 2 aromatic rings. The smallest absolute Gasteiger partial charge is 0.277 e. The highest BCUT2D eigenvalue weighted by molar-refractivity contribution is 6.30. The molecule has 0 bridgehead atoms. The van der Waals surface area contributed by atoms with E-state index >= 15 is 0 Å². The molecule has 0 aliphatic heterocycles. The summed E-state index contributed by atoms with van der Waals surface area (Å²) in [6, 6.07) is 12.2. The van der Waals surface area contributed by atoms with Crippen molar-refractivity contribution in [2.75, 3.05) is 20.8 Å². The van der Waals surface area contributed by atoms with Crippen molar-refractivity contribution in [3.8, 4) is 17.2 Å². The second kappa shape index (κ2) is 8.79. The van der Waals surface area contributed by atoms with Crippen molar-refractivity contribution in [2.24, 2.45) is 5.10 Å². The Bertz CT molecular complexity index is 734. The molecule has 6 nitrogen and oxygen atoms in total. The van der Waals surface area contributed by atoms with Gasteiger partial charge in [-0.3, -0.25) is 4.79 Å². The molecule has 1 amide bonds. The molecule has 0 aliphatic carbocycles. The number of nitrogens with one attached hydrogen (secondary N) is 1. The van der Waals surface area contributed by atoms with Crippen LogP contribution in [0, 0.1) is 0 Å². The van der Waals surface area contributed by atoms with Gasteiger partial charge in [0.25, 0.3) is 5.91 Å². The summed E-state index contributed by atoms with van der Waals surface area (Å²) in [7, 11) is 3.08. The molecule has 0 unspecified atom stereocenters. The van der Waals surface area contributed by atoms with E-state index in [4.69, 9.17) is 25.8 Å². The number of hydrazone groups is 1. The van der Waals surface area contributed by atoms with Gasteiger partial charge in [-0.25, -0.2) is 5.43 Å². The van der Waals surface area contributed by atoms with Crippen LogP contribution in [0.1, 0.15) is 5.56 Å². The third kappa shape index (κ3) is 4.89. The topological polar surface area (TPSA) is 69.2 Å². The molecule has 24 heavy (non-hydrogen) atoms. The van der Waals surface area contributed by atoms with E-state index in [1.165, 1.54) is 13.3 Å². The van der Waals surface area contributed by atoms with Gasteiger partial charge in [0.1, 0.15) is 5.75 Å². The minimum Gasteiger partial charge on any atom is -0.493 e. The Morgan fingerprint density at radius 3 is 2.71 bits per heavy atom. The molecule has 0 aromatic heterocycles. The standard InChI is InChI=1S/C17H17ClN2O4/c1-22-15-8-3-5-12(17(15)23-2)10-19-20-16(21)11-24-14-7-4-6-13(18)9-14/h3-10H,11H2,1-2H3,(H,20,21)/b19-10+. The zero-order valence-corrected chi connectivity index (χ0v) is 14.0. The molecule has 126 valence electrons. The van der Waals surface area contributed by atoms with E-state index in [2.05, 4.69) is 10.5 Å². The number of halogens is 1. The molecule has 0 fully saturated rings. The third-order valence-corrected chi connectivity index (χ3v) is 3.23. The van der Waals surface area contributed by atoms with Crippen LogP contribution in [0.5, 0.6) is 17.2 Å². The summed E-state index contributed by atoms with van der Waals surface area (Å²) in [5.41, 5.74) is 3.05. The summed E-state index contributed by atoms with van der Waals surface area (Å²) in [6.07, 6.45) is 1.47. The maximum atomic E-state index is 11.7.